The number of hydrogen-bond donors (Lipinski definition) is 1. The molecule has 0 aromatic heterocycles. The molecule has 1 aliphatic heterocycles. The van der Waals surface area contributed by atoms with E-state index in [9.17, 15) is 27.6 Å². The van der Waals surface area contributed by atoms with E-state index in [2.05, 4.69) is 5.32 Å². The van der Waals surface area contributed by atoms with E-state index >= 15 is 0 Å². The smallest absolute Gasteiger partial charge is 0.416 e. The molecule has 0 radical (unpaired) electrons. The Hall–Kier alpha value is -3.56. The number of ether oxygens (including phenoxy) is 2. The number of likely N-dealkylation sites (tertiary alicyclic amines) is 1. The zero-order valence-corrected chi connectivity index (χ0v) is 17.6. The van der Waals surface area contributed by atoms with Crippen molar-refractivity contribution in [1.82, 2.24) is 4.90 Å². The van der Waals surface area contributed by atoms with E-state index in [1.807, 2.05) is 0 Å². The summed E-state index contributed by atoms with van der Waals surface area (Å²) in [5.41, 5.74) is -0.654. The first kappa shape index (κ1) is 22.6. The number of halogens is 3. The number of carbonyl (C=O) groups excluding carboxylic acids is 3. The molecule has 2 aromatic carbocycles. The fourth-order valence-corrected chi connectivity index (χ4v) is 3.67. The fourth-order valence-electron chi connectivity index (χ4n) is 3.67. The number of rotatable bonds is 6. The molecule has 10 heteroatoms. The zero-order chi connectivity index (χ0) is 23.8. The van der Waals surface area contributed by atoms with Crippen LogP contribution in [0.4, 0.5) is 18.9 Å². The number of anilines is 1. The van der Waals surface area contributed by atoms with Crippen molar-refractivity contribution in [3.05, 3.63) is 48.0 Å². The molecule has 2 aromatic rings. The number of imide groups is 1. The molecule has 0 spiro atoms. The highest BCUT2D eigenvalue weighted by Crippen LogP contribution is 2.37. The van der Waals surface area contributed by atoms with Crippen LogP contribution in [0, 0.1) is 5.92 Å². The quantitative estimate of drug-likeness (QED) is 0.645. The normalized spacial score (nSPS) is 18.2. The maximum atomic E-state index is 13.0. The van der Waals surface area contributed by atoms with Gasteiger partial charge in [0.2, 0.25) is 17.7 Å². The lowest BCUT2D eigenvalue weighted by atomic mass is 10.1. The molecule has 1 N–H and O–H groups in total. The van der Waals surface area contributed by atoms with Crippen molar-refractivity contribution >= 4 is 23.4 Å². The van der Waals surface area contributed by atoms with Gasteiger partial charge in [-0.2, -0.15) is 13.2 Å². The van der Waals surface area contributed by atoms with Crippen LogP contribution in [0.25, 0.3) is 0 Å². The van der Waals surface area contributed by atoms with E-state index in [4.69, 9.17) is 9.47 Å². The van der Waals surface area contributed by atoms with E-state index < -0.39 is 23.7 Å². The van der Waals surface area contributed by atoms with Crippen molar-refractivity contribution < 1.29 is 37.0 Å². The van der Waals surface area contributed by atoms with Crippen molar-refractivity contribution in [2.24, 2.45) is 5.92 Å². The van der Waals surface area contributed by atoms with Crippen molar-refractivity contribution in [2.45, 2.75) is 37.9 Å². The molecular weight excluding hydrogens is 441 g/mol. The molecule has 4 rings (SSSR count). The standard InChI is InChI=1S/C23H21F3N2O5/c1-32-19-9-7-16(33-15-4-2-3-14(11-15)23(24,25)26)12-17(19)27-21(30)18-8-10-20(29)28(18)22(31)13-5-6-13/h2-4,7,9,11-13,18H,5-6,8,10H2,1H3,(H,27,30). The molecular formula is C23H21F3N2O5. The minimum Gasteiger partial charge on any atom is -0.495 e. The molecule has 1 saturated heterocycles. The van der Waals surface area contributed by atoms with E-state index in [-0.39, 0.29) is 53.5 Å². The van der Waals surface area contributed by atoms with Crippen molar-refractivity contribution in [3.8, 4) is 17.2 Å². The topological polar surface area (TPSA) is 84.9 Å². The van der Waals surface area contributed by atoms with Gasteiger partial charge < -0.3 is 14.8 Å². The number of carbonyl (C=O) groups is 3. The van der Waals surface area contributed by atoms with Crippen molar-refractivity contribution in [1.29, 1.82) is 0 Å². The van der Waals surface area contributed by atoms with Gasteiger partial charge in [0.25, 0.3) is 0 Å². The Morgan fingerprint density at radius 2 is 1.79 bits per heavy atom. The third-order valence-electron chi connectivity index (χ3n) is 5.50. The highest BCUT2D eigenvalue weighted by atomic mass is 19.4. The number of methoxy groups -OCH3 is 1. The van der Waals surface area contributed by atoms with Gasteiger partial charge in [0.05, 0.1) is 18.4 Å². The molecule has 33 heavy (non-hydrogen) atoms. The third-order valence-corrected chi connectivity index (χ3v) is 5.50. The number of amides is 3. The summed E-state index contributed by atoms with van der Waals surface area (Å²) in [4.78, 5) is 38.6. The lowest BCUT2D eigenvalue weighted by molar-refractivity contribution is -0.147. The van der Waals surface area contributed by atoms with Gasteiger partial charge in [0, 0.05) is 18.4 Å². The second-order valence-electron chi connectivity index (χ2n) is 7.91. The van der Waals surface area contributed by atoms with E-state index in [1.54, 1.807) is 0 Å². The lowest BCUT2D eigenvalue weighted by Crippen LogP contribution is -2.45. The van der Waals surface area contributed by atoms with Gasteiger partial charge >= 0.3 is 6.18 Å². The molecule has 1 unspecified atom stereocenters. The van der Waals surface area contributed by atoms with Crippen LogP contribution in [-0.2, 0) is 20.6 Å². The van der Waals surface area contributed by atoms with Crippen LogP contribution < -0.4 is 14.8 Å². The zero-order valence-electron chi connectivity index (χ0n) is 17.6. The van der Waals surface area contributed by atoms with Gasteiger partial charge in [-0.1, -0.05) is 6.07 Å². The Labute approximate surface area is 187 Å². The second kappa shape index (κ2) is 8.76. The van der Waals surface area contributed by atoms with Crippen LogP contribution in [0.1, 0.15) is 31.2 Å². The van der Waals surface area contributed by atoms with Gasteiger partial charge in [-0.3, -0.25) is 19.3 Å². The number of alkyl halides is 3. The Morgan fingerprint density at radius 1 is 1.06 bits per heavy atom. The monoisotopic (exact) mass is 462 g/mol. The third kappa shape index (κ3) is 4.94. The van der Waals surface area contributed by atoms with Crippen molar-refractivity contribution in [3.63, 3.8) is 0 Å². The lowest BCUT2D eigenvalue weighted by Gasteiger charge is -2.23. The molecule has 2 fully saturated rings. The molecule has 1 aliphatic carbocycles. The summed E-state index contributed by atoms with van der Waals surface area (Å²) in [6.07, 6.45) is -2.78. The predicted octanol–water partition coefficient (Wildman–Crippen LogP) is 4.37. The van der Waals surface area contributed by atoms with Crippen LogP contribution >= 0.6 is 0 Å². The molecule has 3 amide bonds. The van der Waals surface area contributed by atoms with Gasteiger partial charge in [0.15, 0.2) is 0 Å². The SMILES string of the molecule is COc1ccc(Oc2cccc(C(F)(F)F)c2)cc1NC(=O)C1CCC(=O)N1C(=O)C1CC1. The van der Waals surface area contributed by atoms with Gasteiger partial charge in [0.1, 0.15) is 23.3 Å². The number of nitrogens with zero attached hydrogens (tertiary/aromatic N) is 1. The molecule has 1 heterocycles. The van der Waals surface area contributed by atoms with Crippen LogP contribution in [0.3, 0.4) is 0 Å². The maximum absolute atomic E-state index is 13.0. The second-order valence-corrected chi connectivity index (χ2v) is 7.91. The first-order valence-corrected chi connectivity index (χ1v) is 10.4. The Kier molecular flexibility index (Phi) is 6.01. The first-order chi connectivity index (χ1) is 15.7. The molecule has 7 nitrogen and oxygen atoms in total. The Bertz CT molecular complexity index is 1100. The number of hydrogen-bond acceptors (Lipinski definition) is 5. The summed E-state index contributed by atoms with van der Waals surface area (Å²) >= 11 is 0. The molecule has 1 atom stereocenters. The van der Waals surface area contributed by atoms with Gasteiger partial charge in [-0.05, 0) is 49.6 Å². The Morgan fingerprint density at radius 3 is 2.45 bits per heavy atom. The van der Waals surface area contributed by atoms with Crippen LogP contribution in [0.5, 0.6) is 17.2 Å². The van der Waals surface area contributed by atoms with Gasteiger partial charge in [-0.15, -0.1) is 0 Å². The van der Waals surface area contributed by atoms with E-state index in [1.165, 1.54) is 37.4 Å². The van der Waals surface area contributed by atoms with Crippen molar-refractivity contribution in [2.75, 3.05) is 12.4 Å². The van der Waals surface area contributed by atoms with Crippen LogP contribution in [0.15, 0.2) is 42.5 Å². The Balaban J connectivity index is 1.53. The minimum absolute atomic E-state index is 0.0325. The highest BCUT2D eigenvalue weighted by Gasteiger charge is 2.45. The summed E-state index contributed by atoms with van der Waals surface area (Å²) in [6, 6.07) is 7.86. The summed E-state index contributed by atoms with van der Waals surface area (Å²) < 4.78 is 49.7. The maximum Gasteiger partial charge on any atom is 0.416 e. The number of benzene rings is 2. The molecule has 1 saturated carbocycles. The average Bonchev–Trinajstić information content (AvgIpc) is 3.55. The minimum atomic E-state index is -4.51. The largest absolute Gasteiger partial charge is 0.495 e. The molecule has 0 bridgehead atoms. The van der Waals surface area contributed by atoms with Gasteiger partial charge in [-0.25, -0.2) is 0 Å². The summed E-state index contributed by atoms with van der Waals surface area (Å²) in [5, 5.41) is 2.66. The summed E-state index contributed by atoms with van der Waals surface area (Å²) in [6.45, 7) is 0. The highest BCUT2D eigenvalue weighted by molar-refractivity contribution is 6.07. The predicted molar refractivity (Wildman–Crippen MR) is 111 cm³/mol. The van der Waals surface area contributed by atoms with E-state index in [0.29, 0.717) is 12.8 Å². The molecule has 2 aliphatic rings. The number of nitrogens with one attached hydrogen (secondary N) is 1. The fraction of sp³-hybridized carbons (Fsp3) is 0.348. The van der Waals surface area contributed by atoms with E-state index in [0.717, 1.165) is 17.0 Å². The average molecular weight is 462 g/mol. The first-order valence-electron chi connectivity index (χ1n) is 10.4. The summed E-state index contributed by atoms with van der Waals surface area (Å²) in [5.74, 6) is -1.05. The summed E-state index contributed by atoms with van der Waals surface area (Å²) in [7, 11) is 1.39. The van der Waals surface area contributed by atoms with Crippen LogP contribution in [0.2, 0.25) is 0 Å². The van der Waals surface area contributed by atoms with Crippen LogP contribution in [-0.4, -0.2) is 35.8 Å². The molecule has 174 valence electrons.